The fraction of sp³-hybridized carbons (Fsp3) is 0.545. The smallest absolute Gasteiger partial charge is 0.338 e. The average Bonchev–Trinajstić information content (AvgIpc) is 2.54. The normalized spacial score (nSPS) is 16.5. The number of halogens is 1. The quantitative estimate of drug-likeness (QED) is 0.874. The van der Waals surface area contributed by atoms with Crippen LogP contribution in [0, 0.1) is 6.92 Å². The summed E-state index contributed by atoms with van der Waals surface area (Å²) in [6.07, 6.45) is -2.27. The first-order chi connectivity index (χ1) is 7.82. The first-order valence-corrected chi connectivity index (χ1v) is 6.76. The van der Waals surface area contributed by atoms with Gasteiger partial charge in [0, 0.05) is 14.2 Å². The number of ether oxygens (including phenoxy) is 1. The van der Waals surface area contributed by atoms with E-state index in [0.29, 0.717) is 4.88 Å². The number of carbonyl (C=O) groups is 1. The van der Waals surface area contributed by atoms with Gasteiger partial charge in [-0.15, -0.1) is 11.3 Å². The van der Waals surface area contributed by atoms with Crippen molar-refractivity contribution in [3.05, 3.63) is 20.3 Å². The summed E-state index contributed by atoms with van der Waals surface area (Å²) in [7, 11) is 0. The molecule has 0 aliphatic heterocycles. The first-order valence-electron chi connectivity index (χ1n) is 5.15. The molecule has 0 aliphatic carbocycles. The maximum Gasteiger partial charge on any atom is 0.338 e. The predicted molar refractivity (Wildman–Crippen MR) is 69.4 cm³/mol. The minimum absolute atomic E-state index is 0.530. The van der Waals surface area contributed by atoms with E-state index in [1.54, 1.807) is 19.9 Å². The molecular weight excluding hydrogens is 308 g/mol. The highest BCUT2D eigenvalue weighted by Crippen LogP contribution is 2.33. The van der Waals surface area contributed by atoms with E-state index in [1.807, 2.05) is 6.92 Å². The Hall–Kier alpha value is -0.430. The molecule has 17 heavy (non-hydrogen) atoms. The summed E-state index contributed by atoms with van der Waals surface area (Å²) < 4.78 is 6.24. The van der Waals surface area contributed by atoms with Crippen molar-refractivity contribution in [3.63, 3.8) is 0 Å². The number of aliphatic carboxylic acids is 1. The van der Waals surface area contributed by atoms with E-state index in [0.717, 1.165) is 9.35 Å². The molecule has 1 heterocycles. The molecule has 96 valence electrons. The second-order valence-corrected chi connectivity index (χ2v) is 6.00. The van der Waals surface area contributed by atoms with Crippen LogP contribution in [0.1, 0.15) is 29.7 Å². The molecule has 3 atom stereocenters. The Labute approximate surface area is 112 Å². The van der Waals surface area contributed by atoms with Crippen LogP contribution in [0.3, 0.4) is 0 Å². The highest BCUT2D eigenvalue weighted by Gasteiger charge is 2.27. The third-order valence-electron chi connectivity index (χ3n) is 2.39. The van der Waals surface area contributed by atoms with Crippen molar-refractivity contribution in [1.29, 1.82) is 0 Å². The topological polar surface area (TPSA) is 66.8 Å². The third kappa shape index (κ3) is 3.77. The van der Waals surface area contributed by atoms with Gasteiger partial charge in [0.15, 0.2) is 6.10 Å². The van der Waals surface area contributed by atoms with Crippen LogP contribution in [0.5, 0.6) is 0 Å². The molecule has 0 spiro atoms. The number of carboxylic acid groups (broad SMARTS) is 1. The second kappa shape index (κ2) is 5.95. The zero-order chi connectivity index (χ0) is 13.2. The lowest BCUT2D eigenvalue weighted by molar-refractivity contribution is -0.158. The molecule has 2 N–H and O–H groups in total. The Balaban J connectivity index is 2.90. The van der Waals surface area contributed by atoms with Gasteiger partial charge >= 0.3 is 5.97 Å². The molecule has 6 heteroatoms. The molecular formula is C11H15BrO4S. The molecule has 0 radical (unpaired) electrons. The Morgan fingerprint density at radius 3 is 2.47 bits per heavy atom. The largest absolute Gasteiger partial charge is 0.479 e. The molecule has 1 aromatic rings. The Bertz CT molecular complexity index is 383. The van der Waals surface area contributed by atoms with Gasteiger partial charge in [-0.2, -0.15) is 0 Å². The number of rotatable bonds is 5. The molecule has 3 unspecified atom stereocenters. The van der Waals surface area contributed by atoms with Crippen LogP contribution in [0.4, 0.5) is 0 Å². The van der Waals surface area contributed by atoms with Crippen molar-refractivity contribution in [2.24, 2.45) is 0 Å². The molecule has 0 aliphatic rings. The summed E-state index contributed by atoms with van der Waals surface area (Å²) in [6.45, 7) is 5.12. The van der Waals surface area contributed by atoms with Crippen LogP contribution in [0.15, 0.2) is 10.5 Å². The number of aliphatic hydroxyl groups excluding tert-OH is 1. The van der Waals surface area contributed by atoms with E-state index in [1.165, 1.54) is 11.3 Å². The van der Waals surface area contributed by atoms with Crippen molar-refractivity contribution >= 4 is 33.2 Å². The molecule has 0 saturated heterocycles. The van der Waals surface area contributed by atoms with Crippen molar-refractivity contribution in [2.75, 3.05) is 0 Å². The lowest BCUT2D eigenvalue weighted by Gasteiger charge is -2.20. The number of carboxylic acids is 1. The summed E-state index contributed by atoms with van der Waals surface area (Å²) in [4.78, 5) is 12.8. The average molecular weight is 323 g/mol. The van der Waals surface area contributed by atoms with Crippen LogP contribution in [-0.4, -0.2) is 28.4 Å². The monoisotopic (exact) mass is 322 g/mol. The van der Waals surface area contributed by atoms with Gasteiger partial charge < -0.3 is 14.9 Å². The molecule has 0 fully saturated rings. The minimum Gasteiger partial charge on any atom is -0.479 e. The number of hydrogen-bond acceptors (Lipinski definition) is 4. The van der Waals surface area contributed by atoms with E-state index in [-0.39, 0.29) is 0 Å². The van der Waals surface area contributed by atoms with E-state index >= 15 is 0 Å². The van der Waals surface area contributed by atoms with Crippen LogP contribution >= 0.6 is 27.3 Å². The summed E-state index contributed by atoms with van der Waals surface area (Å²) in [5.74, 6) is -1.05. The Morgan fingerprint density at radius 2 is 2.12 bits per heavy atom. The van der Waals surface area contributed by atoms with Gasteiger partial charge in [0.1, 0.15) is 0 Å². The van der Waals surface area contributed by atoms with Gasteiger partial charge in [0.25, 0.3) is 0 Å². The van der Waals surface area contributed by atoms with Crippen molar-refractivity contribution in [3.8, 4) is 0 Å². The van der Waals surface area contributed by atoms with E-state index in [4.69, 9.17) is 9.84 Å². The zero-order valence-electron chi connectivity index (χ0n) is 9.81. The lowest BCUT2D eigenvalue weighted by Crippen LogP contribution is -2.27. The SMILES string of the molecule is Cc1sc(C(OC(C)C(C)O)C(=O)O)cc1Br. The van der Waals surface area contributed by atoms with Gasteiger partial charge in [0.05, 0.1) is 12.2 Å². The van der Waals surface area contributed by atoms with Crippen LogP contribution in [0.2, 0.25) is 0 Å². The number of aliphatic hydroxyl groups is 1. The fourth-order valence-corrected chi connectivity index (χ4v) is 2.78. The highest BCUT2D eigenvalue weighted by atomic mass is 79.9. The standard InChI is InChI=1S/C11H15BrO4S/c1-5(13)6(2)16-10(11(14)15)9-4-8(12)7(3)17-9/h4-6,10,13H,1-3H3,(H,14,15). The van der Waals surface area contributed by atoms with Crippen LogP contribution < -0.4 is 0 Å². The van der Waals surface area contributed by atoms with E-state index in [2.05, 4.69) is 15.9 Å². The number of thiophene rings is 1. The summed E-state index contributed by atoms with van der Waals surface area (Å²) in [5.41, 5.74) is 0. The van der Waals surface area contributed by atoms with Crippen molar-refractivity contribution in [1.82, 2.24) is 0 Å². The first kappa shape index (κ1) is 14.6. The molecule has 0 aromatic carbocycles. The number of aryl methyl sites for hydroxylation is 1. The maximum atomic E-state index is 11.2. The highest BCUT2D eigenvalue weighted by molar-refractivity contribution is 9.10. The lowest BCUT2D eigenvalue weighted by atomic mass is 10.2. The van der Waals surface area contributed by atoms with Crippen molar-refractivity contribution < 1.29 is 19.7 Å². The maximum absolute atomic E-state index is 11.2. The predicted octanol–water partition coefficient (Wildman–Crippen LogP) is 2.73. The molecule has 1 rings (SSSR count). The van der Waals surface area contributed by atoms with Gasteiger partial charge in [-0.3, -0.25) is 0 Å². The fourth-order valence-electron chi connectivity index (χ4n) is 1.19. The molecule has 4 nitrogen and oxygen atoms in total. The molecule has 0 saturated carbocycles. The Morgan fingerprint density at radius 1 is 1.53 bits per heavy atom. The summed E-state index contributed by atoms with van der Waals surface area (Å²) >= 11 is 4.71. The third-order valence-corrected chi connectivity index (χ3v) is 4.57. The summed E-state index contributed by atoms with van der Waals surface area (Å²) in [6, 6.07) is 1.74. The van der Waals surface area contributed by atoms with Gasteiger partial charge in [0.2, 0.25) is 0 Å². The van der Waals surface area contributed by atoms with Gasteiger partial charge in [-0.25, -0.2) is 4.79 Å². The number of hydrogen-bond donors (Lipinski definition) is 2. The molecule has 1 aromatic heterocycles. The van der Waals surface area contributed by atoms with Crippen LogP contribution in [-0.2, 0) is 9.53 Å². The van der Waals surface area contributed by atoms with Crippen molar-refractivity contribution in [2.45, 2.75) is 39.1 Å². The van der Waals surface area contributed by atoms with Gasteiger partial charge in [-0.05, 0) is 42.8 Å². The molecule has 0 bridgehead atoms. The second-order valence-electron chi connectivity index (χ2n) is 3.85. The van der Waals surface area contributed by atoms with Gasteiger partial charge in [-0.1, -0.05) is 0 Å². The molecule has 0 amide bonds. The summed E-state index contributed by atoms with van der Waals surface area (Å²) in [5, 5.41) is 18.5. The van der Waals surface area contributed by atoms with E-state index < -0.39 is 24.3 Å². The van der Waals surface area contributed by atoms with Crippen LogP contribution in [0.25, 0.3) is 0 Å². The van der Waals surface area contributed by atoms with E-state index in [9.17, 15) is 9.90 Å². The Kier molecular flexibility index (Phi) is 5.12. The zero-order valence-corrected chi connectivity index (χ0v) is 12.2. The minimum atomic E-state index is -1.05.